The Morgan fingerprint density at radius 2 is 1.91 bits per heavy atom. The maximum Gasteiger partial charge on any atom is 0.125 e. The molecule has 126 valence electrons. The number of ether oxygens (including phenoxy) is 1. The summed E-state index contributed by atoms with van der Waals surface area (Å²) in [5.74, 6) is 2.66. The standard InChI is InChI=1S/C19H28N2O2/c1-4-19(3,5-2)23-16-18(22)15-20-11-13-21(14-12-20)17-9-7-6-8-10-17/h1,6-10,18,22H,5,11-16H2,2-3H3/t18-,19+/m1/s1. The molecular formula is C19H28N2O2. The van der Waals surface area contributed by atoms with E-state index in [9.17, 15) is 5.11 Å². The molecule has 4 heteroatoms. The summed E-state index contributed by atoms with van der Waals surface area (Å²) < 4.78 is 5.70. The van der Waals surface area contributed by atoms with Crippen molar-refractivity contribution in [3.63, 3.8) is 0 Å². The first kappa shape index (κ1) is 17.8. The normalized spacial score (nSPS) is 19.8. The van der Waals surface area contributed by atoms with Gasteiger partial charge in [-0.15, -0.1) is 6.42 Å². The summed E-state index contributed by atoms with van der Waals surface area (Å²) >= 11 is 0. The van der Waals surface area contributed by atoms with Gasteiger partial charge in [-0.05, 0) is 25.5 Å². The predicted molar refractivity (Wildman–Crippen MR) is 94.6 cm³/mol. The molecule has 2 rings (SSSR count). The fraction of sp³-hybridized carbons (Fsp3) is 0.579. The molecule has 0 aromatic heterocycles. The largest absolute Gasteiger partial charge is 0.389 e. The van der Waals surface area contributed by atoms with E-state index in [1.165, 1.54) is 5.69 Å². The number of piperazine rings is 1. The lowest BCUT2D eigenvalue weighted by molar-refractivity contribution is -0.0473. The van der Waals surface area contributed by atoms with E-state index in [4.69, 9.17) is 11.2 Å². The number of nitrogens with zero attached hydrogens (tertiary/aromatic N) is 2. The third kappa shape index (κ3) is 5.24. The number of para-hydroxylation sites is 1. The zero-order valence-corrected chi connectivity index (χ0v) is 14.2. The summed E-state index contributed by atoms with van der Waals surface area (Å²) in [6.07, 6.45) is 5.73. The van der Waals surface area contributed by atoms with Crippen molar-refractivity contribution in [1.29, 1.82) is 0 Å². The topological polar surface area (TPSA) is 35.9 Å². The number of rotatable bonds is 7. The minimum atomic E-state index is -0.576. The van der Waals surface area contributed by atoms with Crippen LogP contribution in [-0.4, -0.2) is 61.0 Å². The van der Waals surface area contributed by atoms with E-state index in [0.29, 0.717) is 6.54 Å². The highest BCUT2D eigenvalue weighted by atomic mass is 16.5. The molecule has 0 bridgehead atoms. The molecule has 1 aliphatic heterocycles. The van der Waals surface area contributed by atoms with Crippen molar-refractivity contribution >= 4 is 5.69 Å². The fourth-order valence-corrected chi connectivity index (χ4v) is 2.70. The highest BCUT2D eigenvalue weighted by Crippen LogP contribution is 2.16. The third-order valence-corrected chi connectivity index (χ3v) is 4.54. The minimum Gasteiger partial charge on any atom is -0.389 e. The summed E-state index contributed by atoms with van der Waals surface area (Å²) in [7, 11) is 0. The van der Waals surface area contributed by atoms with E-state index in [1.54, 1.807) is 0 Å². The molecule has 1 heterocycles. The number of anilines is 1. The molecule has 1 aliphatic rings. The van der Waals surface area contributed by atoms with Gasteiger partial charge in [-0.25, -0.2) is 0 Å². The van der Waals surface area contributed by atoms with Gasteiger partial charge in [0, 0.05) is 38.4 Å². The fourth-order valence-electron chi connectivity index (χ4n) is 2.70. The second-order valence-electron chi connectivity index (χ2n) is 6.32. The molecule has 0 saturated carbocycles. The van der Waals surface area contributed by atoms with Crippen molar-refractivity contribution in [1.82, 2.24) is 4.90 Å². The first-order chi connectivity index (χ1) is 11.1. The highest BCUT2D eigenvalue weighted by molar-refractivity contribution is 5.46. The van der Waals surface area contributed by atoms with Gasteiger partial charge in [-0.2, -0.15) is 0 Å². The van der Waals surface area contributed by atoms with Crippen LogP contribution in [-0.2, 0) is 4.74 Å². The lowest BCUT2D eigenvalue weighted by atomic mass is 10.1. The molecule has 2 atom stereocenters. The Kier molecular flexibility index (Phi) is 6.47. The molecular weight excluding hydrogens is 288 g/mol. The molecule has 1 saturated heterocycles. The van der Waals surface area contributed by atoms with Crippen molar-refractivity contribution in [3.05, 3.63) is 30.3 Å². The van der Waals surface area contributed by atoms with Crippen molar-refractivity contribution in [2.24, 2.45) is 0 Å². The highest BCUT2D eigenvalue weighted by Gasteiger charge is 2.23. The summed E-state index contributed by atoms with van der Waals surface area (Å²) in [5, 5.41) is 10.2. The second kappa shape index (κ2) is 8.35. The third-order valence-electron chi connectivity index (χ3n) is 4.54. The number of aliphatic hydroxyl groups is 1. The zero-order chi connectivity index (χ0) is 16.7. The van der Waals surface area contributed by atoms with Crippen LogP contribution >= 0.6 is 0 Å². The summed E-state index contributed by atoms with van der Waals surface area (Å²) in [6, 6.07) is 10.5. The van der Waals surface area contributed by atoms with Gasteiger partial charge in [-0.3, -0.25) is 4.90 Å². The average molecular weight is 316 g/mol. The number of hydrogen-bond donors (Lipinski definition) is 1. The summed E-state index contributed by atoms with van der Waals surface area (Å²) in [4.78, 5) is 4.67. The van der Waals surface area contributed by atoms with Gasteiger partial charge < -0.3 is 14.7 Å². The summed E-state index contributed by atoms with van der Waals surface area (Å²) in [5.41, 5.74) is 0.691. The van der Waals surface area contributed by atoms with E-state index in [-0.39, 0.29) is 6.61 Å². The molecule has 0 spiro atoms. The van der Waals surface area contributed by atoms with Gasteiger partial charge in [0.15, 0.2) is 0 Å². The number of benzene rings is 1. The molecule has 0 unspecified atom stereocenters. The van der Waals surface area contributed by atoms with Crippen LogP contribution in [0.3, 0.4) is 0 Å². The second-order valence-corrected chi connectivity index (χ2v) is 6.32. The van der Waals surface area contributed by atoms with Gasteiger partial charge in [-0.1, -0.05) is 31.0 Å². The van der Waals surface area contributed by atoms with Gasteiger partial charge in [0.1, 0.15) is 5.60 Å². The number of β-amino-alcohol motifs (C(OH)–C–C–N with tert-alkyl or cyclic N) is 1. The first-order valence-electron chi connectivity index (χ1n) is 8.38. The number of hydrogen-bond acceptors (Lipinski definition) is 4. The predicted octanol–water partition coefficient (Wildman–Crippen LogP) is 1.99. The minimum absolute atomic E-state index is 0.285. The molecule has 0 radical (unpaired) electrons. The Balaban J connectivity index is 1.73. The van der Waals surface area contributed by atoms with Crippen LogP contribution < -0.4 is 4.90 Å². The van der Waals surface area contributed by atoms with Crippen LogP contribution in [0.25, 0.3) is 0 Å². The Hall–Kier alpha value is -1.54. The van der Waals surface area contributed by atoms with Crippen LogP contribution in [0.2, 0.25) is 0 Å². The van der Waals surface area contributed by atoms with Crippen LogP contribution in [0.4, 0.5) is 5.69 Å². The van der Waals surface area contributed by atoms with Crippen LogP contribution in [0.15, 0.2) is 30.3 Å². The van der Waals surface area contributed by atoms with Crippen molar-refractivity contribution in [2.75, 3.05) is 44.2 Å². The van der Waals surface area contributed by atoms with Crippen molar-refractivity contribution < 1.29 is 9.84 Å². The molecule has 4 nitrogen and oxygen atoms in total. The molecule has 1 aromatic carbocycles. The first-order valence-corrected chi connectivity index (χ1v) is 8.38. The molecule has 1 fully saturated rings. The quantitative estimate of drug-likeness (QED) is 0.781. The van der Waals surface area contributed by atoms with Crippen molar-refractivity contribution in [3.8, 4) is 12.3 Å². The van der Waals surface area contributed by atoms with Crippen LogP contribution in [0.1, 0.15) is 20.3 Å². The van der Waals surface area contributed by atoms with E-state index < -0.39 is 11.7 Å². The van der Waals surface area contributed by atoms with E-state index in [0.717, 1.165) is 32.6 Å². The maximum absolute atomic E-state index is 10.2. The van der Waals surface area contributed by atoms with Crippen molar-refractivity contribution in [2.45, 2.75) is 32.0 Å². The Labute approximate surface area is 140 Å². The monoisotopic (exact) mass is 316 g/mol. The molecule has 1 aromatic rings. The zero-order valence-electron chi connectivity index (χ0n) is 14.2. The Morgan fingerprint density at radius 3 is 2.48 bits per heavy atom. The summed E-state index contributed by atoms with van der Waals surface area (Å²) in [6.45, 7) is 8.66. The molecule has 1 N–H and O–H groups in total. The van der Waals surface area contributed by atoms with Gasteiger partial charge in [0.2, 0.25) is 0 Å². The van der Waals surface area contributed by atoms with E-state index >= 15 is 0 Å². The maximum atomic E-state index is 10.2. The average Bonchev–Trinajstić information content (AvgIpc) is 2.61. The van der Waals surface area contributed by atoms with E-state index in [2.05, 4.69) is 40.0 Å². The SMILES string of the molecule is C#C[C@@](C)(CC)OC[C@H](O)CN1CCN(c2ccccc2)CC1. The lowest BCUT2D eigenvalue weighted by Gasteiger charge is -2.37. The number of terminal acetylenes is 1. The van der Waals surface area contributed by atoms with Gasteiger partial charge in [0.05, 0.1) is 12.7 Å². The van der Waals surface area contributed by atoms with Gasteiger partial charge in [0.25, 0.3) is 0 Å². The molecule has 0 amide bonds. The smallest absolute Gasteiger partial charge is 0.125 e. The van der Waals surface area contributed by atoms with E-state index in [1.807, 2.05) is 19.9 Å². The Bertz CT molecular complexity index is 506. The number of aliphatic hydroxyl groups excluding tert-OH is 1. The molecule has 0 aliphatic carbocycles. The van der Waals surface area contributed by atoms with Crippen LogP contribution in [0.5, 0.6) is 0 Å². The lowest BCUT2D eigenvalue weighted by Crippen LogP contribution is -2.49. The molecule has 23 heavy (non-hydrogen) atoms. The van der Waals surface area contributed by atoms with Gasteiger partial charge >= 0.3 is 0 Å². The Morgan fingerprint density at radius 1 is 1.26 bits per heavy atom. The van der Waals surface area contributed by atoms with Crippen LogP contribution in [0, 0.1) is 12.3 Å².